The van der Waals surface area contributed by atoms with Gasteiger partial charge in [0.15, 0.2) is 0 Å². The van der Waals surface area contributed by atoms with Crippen LogP contribution >= 0.6 is 0 Å². The number of rotatable bonds is 2. The summed E-state index contributed by atoms with van der Waals surface area (Å²) in [6.45, 7) is 9.49. The van der Waals surface area contributed by atoms with Crippen LogP contribution in [0, 0.1) is 17.2 Å². The van der Waals surface area contributed by atoms with Crippen LogP contribution in [0.15, 0.2) is 0 Å². The minimum absolute atomic E-state index is 0.0104. The second kappa shape index (κ2) is 4.30. The van der Waals surface area contributed by atoms with Crippen LogP contribution in [-0.4, -0.2) is 46.9 Å². The molecule has 2 aliphatic rings. The van der Waals surface area contributed by atoms with E-state index in [0.29, 0.717) is 12.0 Å². The summed E-state index contributed by atoms with van der Waals surface area (Å²) in [5.41, 5.74) is 0.0260. The van der Waals surface area contributed by atoms with E-state index in [1.54, 1.807) is 0 Å². The second-order valence-corrected chi connectivity index (χ2v) is 5.66. The van der Waals surface area contributed by atoms with Crippen molar-refractivity contribution in [1.82, 2.24) is 9.80 Å². The number of likely N-dealkylation sites (tertiary alicyclic amines) is 2. The normalized spacial score (nSPS) is 32.9. The smallest absolute Gasteiger partial charge is 0.237 e. The van der Waals surface area contributed by atoms with Crippen LogP contribution in [-0.2, 0) is 4.79 Å². The molecule has 0 unspecified atom stereocenters. The molecule has 0 aromatic heterocycles. The monoisotopic (exact) mass is 235 g/mol. The molecule has 1 spiro atoms. The summed E-state index contributed by atoms with van der Waals surface area (Å²) >= 11 is 0. The van der Waals surface area contributed by atoms with E-state index in [-0.39, 0.29) is 17.9 Å². The molecule has 94 valence electrons. The summed E-state index contributed by atoms with van der Waals surface area (Å²) in [4.78, 5) is 16.3. The van der Waals surface area contributed by atoms with Crippen molar-refractivity contribution >= 4 is 5.91 Å². The maximum Gasteiger partial charge on any atom is 0.237 e. The van der Waals surface area contributed by atoms with Gasteiger partial charge in [-0.05, 0) is 26.2 Å². The molecule has 0 radical (unpaired) electrons. The zero-order valence-corrected chi connectivity index (χ0v) is 10.9. The number of nitrogens with zero attached hydrogens (tertiary/aromatic N) is 3. The van der Waals surface area contributed by atoms with Crippen LogP contribution in [0.2, 0.25) is 0 Å². The molecule has 0 aliphatic carbocycles. The van der Waals surface area contributed by atoms with E-state index in [1.807, 2.05) is 11.0 Å². The molecular formula is C13H21N3O. The van der Waals surface area contributed by atoms with E-state index >= 15 is 0 Å². The molecule has 4 heteroatoms. The zero-order chi connectivity index (χ0) is 12.6. The molecule has 17 heavy (non-hydrogen) atoms. The Labute approximate surface area is 103 Å². The molecule has 2 saturated heterocycles. The Balaban J connectivity index is 2.09. The molecule has 0 N–H and O–H groups in total. The van der Waals surface area contributed by atoms with Gasteiger partial charge in [-0.1, -0.05) is 6.92 Å². The molecule has 1 amide bonds. The SMILES string of the molecule is CC(C)N1CC[C@@]2(C1)[C@H](C)CN2C(=O)CC#N. The lowest BCUT2D eigenvalue weighted by atomic mass is 9.74. The molecule has 2 rings (SSSR count). The fraction of sp³-hybridized carbons (Fsp3) is 0.846. The van der Waals surface area contributed by atoms with Gasteiger partial charge in [-0.25, -0.2) is 0 Å². The van der Waals surface area contributed by atoms with Crippen LogP contribution in [0.3, 0.4) is 0 Å². The topological polar surface area (TPSA) is 47.3 Å². The molecule has 2 heterocycles. The van der Waals surface area contributed by atoms with Gasteiger partial charge in [0.25, 0.3) is 0 Å². The Morgan fingerprint density at radius 2 is 2.29 bits per heavy atom. The van der Waals surface area contributed by atoms with Gasteiger partial charge in [-0.2, -0.15) is 5.26 Å². The summed E-state index contributed by atoms with van der Waals surface area (Å²) in [5, 5.41) is 8.63. The third kappa shape index (κ3) is 1.83. The van der Waals surface area contributed by atoms with Crippen molar-refractivity contribution < 1.29 is 4.79 Å². The quantitative estimate of drug-likeness (QED) is 0.723. The summed E-state index contributed by atoms with van der Waals surface area (Å²) in [5.74, 6) is 0.574. The van der Waals surface area contributed by atoms with Gasteiger partial charge in [0.05, 0.1) is 11.6 Å². The average Bonchev–Trinajstić information content (AvgIpc) is 2.73. The summed E-state index contributed by atoms with van der Waals surface area (Å²) < 4.78 is 0. The van der Waals surface area contributed by atoms with Crippen molar-refractivity contribution in [3.8, 4) is 6.07 Å². The Morgan fingerprint density at radius 1 is 1.59 bits per heavy atom. The van der Waals surface area contributed by atoms with Crippen LogP contribution in [0.1, 0.15) is 33.6 Å². The first-order valence-electron chi connectivity index (χ1n) is 6.43. The van der Waals surface area contributed by atoms with Gasteiger partial charge in [0, 0.05) is 25.7 Å². The van der Waals surface area contributed by atoms with Crippen LogP contribution < -0.4 is 0 Å². The first-order valence-corrected chi connectivity index (χ1v) is 6.43. The first-order chi connectivity index (χ1) is 8.01. The van der Waals surface area contributed by atoms with E-state index in [1.165, 1.54) is 0 Å². The summed E-state index contributed by atoms with van der Waals surface area (Å²) in [7, 11) is 0. The zero-order valence-electron chi connectivity index (χ0n) is 10.9. The molecule has 0 bridgehead atoms. The summed E-state index contributed by atoms with van der Waals surface area (Å²) in [6, 6.07) is 2.50. The minimum Gasteiger partial charge on any atom is -0.334 e. The van der Waals surface area contributed by atoms with E-state index in [0.717, 1.165) is 26.1 Å². The number of carbonyl (C=O) groups excluding carboxylic acids is 1. The van der Waals surface area contributed by atoms with Gasteiger partial charge < -0.3 is 4.90 Å². The average molecular weight is 235 g/mol. The largest absolute Gasteiger partial charge is 0.334 e. The van der Waals surface area contributed by atoms with Gasteiger partial charge in [-0.3, -0.25) is 9.69 Å². The molecule has 0 aromatic carbocycles. The lowest BCUT2D eigenvalue weighted by Gasteiger charge is -2.56. The van der Waals surface area contributed by atoms with Crippen molar-refractivity contribution in [1.29, 1.82) is 5.26 Å². The third-order valence-corrected chi connectivity index (χ3v) is 4.48. The van der Waals surface area contributed by atoms with Gasteiger partial charge in [0.2, 0.25) is 5.91 Å². The Hall–Kier alpha value is -1.08. The number of carbonyl (C=O) groups is 1. The molecule has 4 nitrogen and oxygen atoms in total. The van der Waals surface area contributed by atoms with Crippen molar-refractivity contribution in [3.05, 3.63) is 0 Å². The predicted molar refractivity (Wildman–Crippen MR) is 65.2 cm³/mol. The highest BCUT2D eigenvalue weighted by Crippen LogP contribution is 2.44. The number of hydrogen-bond donors (Lipinski definition) is 0. The highest BCUT2D eigenvalue weighted by Gasteiger charge is 2.56. The Kier molecular flexibility index (Phi) is 3.13. The maximum atomic E-state index is 11.9. The van der Waals surface area contributed by atoms with Gasteiger partial charge in [-0.15, -0.1) is 0 Å². The Bertz CT molecular complexity index is 360. The van der Waals surface area contributed by atoms with Crippen molar-refractivity contribution in [2.24, 2.45) is 5.92 Å². The third-order valence-electron chi connectivity index (χ3n) is 4.48. The van der Waals surface area contributed by atoms with Gasteiger partial charge in [0.1, 0.15) is 6.42 Å². The van der Waals surface area contributed by atoms with E-state index in [2.05, 4.69) is 25.7 Å². The lowest BCUT2D eigenvalue weighted by molar-refractivity contribution is -0.153. The van der Waals surface area contributed by atoms with Crippen molar-refractivity contribution in [3.63, 3.8) is 0 Å². The molecule has 0 aromatic rings. The highest BCUT2D eigenvalue weighted by molar-refractivity contribution is 5.80. The van der Waals surface area contributed by atoms with Crippen molar-refractivity contribution in [2.75, 3.05) is 19.6 Å². The van der Waals surface area contributed by atoms with Gasteiger partial charge >= 0.3 is 0 Å². The number of amides is 1. The van der Waals surface area contributed by atoms with Crippen LogP contribution in [0.25, 0.3) is 0 Å². The predicted octanol–water partition coefficient (Wildman–Crippen LogP) is 1.23. The number of nitriles is 1. The van der Waals surface area contributed by atoms with Crippen molar-refractivity contribution in [2.45, 2.75) is 45.2 Å². The number of hydrogen-bond acceptors (Lipinski definition) is 3. The lowest BCUT2D eigenvalue weighted by Crippen LogP contribution is -2.69. The van der Waals surface area contributed by atoms with E-state index in [4.69, 9.17) is 5.26 Å². The molecular weight excluding hydrogens is 214 g/mol. The standard InChI is InChI=1S/C13H21N3O/c1-10(2)15-7-5-13(9-15)11(3)8-16(13)12(17)4-6-14/h10-11H,4-5,7-9H2,1-3H3/t11-,13-/m1/s1. The van der Waals surface area contributed by atoms with E-state index < -0.39 is 0 Å². The fourth-order valence-electron chi connectivity index (χ4n) is 3.20. The molecule has 2 fully saturated rings. The minimum atomic E-state index is 0.0104. The first kappa shape index (κ1) is 12.4. The molecule has 2 aliphatic heterocycles. The fourth-order valence-corrected chi connectivity index (χ4v) is 3.20. The molecule has 2 atom stereocenters. The van der Waals surface area contributed by atoms with Crippen LogP contribution in [0.4, 0.5) is 0 Å². The Morgan fingerprint density at radius 3 is 2.76 bits per heavy atom. The molecule has 0 saturated carbocycles. The van der Waals surface area contributed by atoms with E-state index in [9.17, 15) is 4.79 Å². The second-order valence-electron chi connectivity index (χ2n) is 5.66. The maximum absolute atomic E-state index is 11.9. The van der Waals surface area contributed by atoms with Crippen LogP contribution in [0.5, 0.6) is 0 Å². The highest BCUT2D eigenvalue weighted by atomic mass is 16.2. The summed E-state index contributed by atoms with van der Waals surface area (Å²) in [6.07, 6.45) is 1.08.